The van der Waals surface area contributed by atoms with Crippen LogP contribution in [0.2, 0.25) is 10.2 Å². The molecular weight excluding hydrogens is 295 g/mol. The number of benzene rings is 1. The molecule has 0 spiro atoms. The molecule has 1 aromatic heterocycles. The van der Waals surface area contributed by atoms with Gasteiger partial charge >= 0.3 is 0 Å². The molecule has 2 aromatic rings. The van der Waals surface area contributed by atoms with E-state index in [1.54, 1.807) is 0 Å². The maximum atomic E-state index is 12.2. The van der Waals surface area contributed by atoms with Crippen LogP contribution in [0.25, 0.3) is 0 Å². The number of carbonyl (C=O) groups excluding carboxylic acids is 1. The lowest BCUT2D eigenvalue weighted by atomic mass is 10.1. The Hall–Kier alpha value is -1.58. The van der Waals surface area contributed by atoms with Gasteiger partial charge in [0.15, 0.2) is 0 Å². The van der Waals surface area contributed by atoms with Gasteiger partial charge in [0.2, 0.25) is 0 Å². The first-order valence-electron chi connectivity index (χ1n) is 6.32. The highest BCUT2D eigenvalue weighted by atomic mass is 35.5. The van der Waals surface area contributed by atoms with E-state index in [1.165, 1.54) is 17.8 Å². The van der Waals surface area contributed by atoms with E-state index in [4.69, 9.17) is 23.2 Å². The highest BCUT2D eigenvalue weighted by molar-refractivity contribution is 6.35. The van der Waals surface area contributed by atoms with Gasteiger partial charge in [-0.25, -0.2) is 4.98 Å². The Bertz CT molecular complexity index is 646. The number of rotatable bonds is 3. The number of pyridine rings is 1. The van der Waals surface area contributed by atoms with Crippen LogP contribution in [0.4, 0.5) is 0 Å². The van der Waals surface area contributed by atoms with Crippen molar-refractivity contribution in [2.45, 2.75) is 18.4 Å². The molecule has 2 atom stereocenters. The van der Waals surface area contributed by atoms with E-state index < -0.39 is 0 Å². The summed E-state index contributed by atoms with van der Waals surface area (Å²) in [4.78, 5) is 16.0. The van der Waals surface area contributed by atoms with Crippen LogP contribution < -0.4 is 5.32 Å². The second kappa shape index (κ2) is 5.43. The average molecular weight is 307 g/mol. The predicted molar refractivity (Wildman–Crippen MR) is 79.3 cm³/mol. The van der Waals surface area contributed by atoms with Gasteiger partial charge in [-0.3, -0.25) is 4.79 Å². The van der Waals surface area contributed by atoms with Crippen molar-refractivity contribution < 1.29 is 4.79 Å². The van der Waals surface area contributed by atoms with E-state index in [-0.39, 0.29) is 17.1 Å². The van der Waals surface area contributed by atoms with Crippen molar-refractivity contribution in [1.29, 1.82) is 0 Å². The van der Waals surface area contributed by atoms with Crippen molar-refractivity contribution in [3.8, 4) is 0 Å². The number of amides is 1. The molecule has 2 unspecified atom stereocenters. The van der Waals surface area contributed by atoms with Crippen LogP contribution in [0.15, 0.2) is 42.6 Å². The Kier molecular flexibility index (Phi) is 3.64. The Morgan fingerprint density at radius 3 is 2.75 bits per heavy atom. The third-order valence-corrected chi connectivity index (χ3v) is 3.91. The fraction of sp³-hybridized carbons (Fsp3) is 0.200. The van der Waals surface area contributed by atoms with Gasteiger partial charge in [-0.1, -0.05) is 53.5 Å². The van der Waals surface area contributed by atoms with E-state index in [0.717, 1.165) is 6.42 Å². The van der Waals surface area contributed by atoms with Gasteiger partial charge in [-0.2, -0.15) is 0 Å². The molecule has 0 bridgehead atoms. The quantitative estimate of drug-likeness (QED) is 0.879. The zero-order valence-electron chi connectivity index (χ0n) is 10.5. The van der Waals surface area contributed by atoms with Crippen LogP contribution in [0, 0.1) is 0 Å². The Morgan fingerprint density at radius 2 is 2.00 bits per heavy atom. The Morgan fingerprint density at radius 1 is 1.25 bits per heavy atom. The van der Waals surface area contributed by atoms with E-state index in [2.05, 4.69) is 22.4 Å². The van der Waals surface area contributed by atoms with Gasteiger partial charge in [0.05, 0.1) is 10.6 Å². The maximum absolute atomic E-state index is 12.2. The third kappa shape index (κ3) is 2.79. The lowest BCUT2D eigenvalue weighted by Crippen LogP contribution is -2.26. The topological polar surface area (TPSA) is 42.0 Å². The Balaban J connectivity index is 1.68. The van der Waals surface area contributed by atoms with Crippen LogP contribution in [-0.4, -0.2) is 16.9 Å². The van der Waals surface area contributed by atoms with Crippen LogP contribution in [0.1, 0.15) is 28.3 Å². The summed E-state index contributed by atoms with van der Waals surface area (Å²) in [6.07, 6.45) is 2.34. The molecule has 102 valence electrons. The first-order chi connectivity index (χ1) is 9.65. The lowest BCUT2D eigenvalue weighted by molar-refractivity contribution is 0.0950. The van der Waals surface area contributed by atoms with Crippen molar-refractivity contribution in [1.82, 2.24) is 10.3 Å². The summed E-state index contributed by atoms with van der Waals surface area (Å²) < 4.78 is 0. The van der Waals surface area contributed by atoms with Crippen LogP contribution in [0.5, 0.6) is 0 Å². The molecule has 5 heteroatoms. The molecule has 1 aromatic carbocycles. The first-order valence-corrected chi connectivity index (χ1v) is 7.07. The fourth-order valence-corrected chi connectivity index (χ4v) is 2.60. The molecule has 3 rings (SSSR count). The van der Waals surface area contributed by atoms with Gasteiger partial charge in [-0.15, -0.1) is 0 Å². The maximum Gasteiger partial charge on any atom is 0.253 e. The van der Waals surface area contributed by atoms with Gasteiger partial charge in [-0.05, 0) is 18.1 Å². The lowest BCUT2D eigenvalue weighted by Gasteiger charge is -2.06. The molecule has 0 saturated heterocycles. The van der Waals surface area contributed by atoms with Gasteiger partial charge < -0.3 is 5.32 Å². The van der Waals surface area contributed by atoms with Gasteiger partial charge in [0, 0.05) is 18.2 Å². The second-order valence-electron chi connectivity index (χ2n) is 4.82. The molecular formula is C15H12Cl2N2O. The monoisotopic (exact) mass is 306 g/mol. The Labute approximate surface area is 126 Å². The second-order valence-corrected chi connectivity index (χ2v) is 5.61. The van der Waals surface area contributed by atoms with Gasteiger partial charge in [0.1, 0.15) is 5.15 Å². The number of hydrogen-bond acceptors (Lipinski definition) is 2. The molecule has 0 radical (unpaired) electrons. The van der Waals surface area contributed by atoms with E-state index in [0.29, 0.717) is 16.5 Å². The van der Waals surface area contributed by atoms with Crippen molar-refractivity contribution in [2.75, 3.05) is 0 Å². The van der Waals surface area contributed by atoms with Crippen LogP contribution in [-0.2, 0) is 0 Å². The fourth-order valence-electron chi connectivity index (χ4n) is 2.26. The molecule has 1 N–H and O–H groups in total. The van der Waals surface area contributed by atoms with Gasteiger partial charge in [0.25, 0.3) is 5.91 Å². The molecule has 1 aliphatic carbocycles. The number of nitrogens with zero attached hydrogens (tertiary/aromatic N) is 1. The largest absolute Gasteiger partial charge is 0.349 e. The van der Waals surface area contributed by atoms with Crippen LogP contribution >= 0.6 is 23.2 Å². The minimum atomic E-state index is -0.206. The number of aromatic nitrogens is 1. The van der Waals surface area contributed by atoms with Crippen molar-refractivity contribution >= 4 is 29.1 Å². The molecule has 0 aliphatic heterocycles. The molecule has 1 aliphatic rings. The smallest absolute Gasteiger partial charge is 0.253 e. The summed E-state index contributed by atoms with van der Waals surface area (Å²) in [7, 11) is 0. The van der Waals surface area contributed by atoms with E-state index in [1.807, 2.05) is 18.2 Å². The van der Waals surface area contributed by atoms with E-state index in [9.17, 15) is 4.79 Å². The average Bonchev–Trinajstić information content (AvgIpc) is 3.21. The summed E-state index contributed by atoms with van der Waals surface area (Å²) in [5, 5.41) is 3.55. The molecule has 1 fully saturated rings. The van der Waals surface area contributed by atoms with Crippen molar-refractivity contribution in [3.05, 3.63) is 63.9 Å². The molecule has 1 heterocycles. The summed E-state index contributed by atoms with van der Waals surface area (Å²) in [6, 6.07) is 11.8. The highest BCUT2D eigenvalue weighted by Gasteiger charge is 2.39. The zero-order chi connectivity index (χ0) is 14.1. The molecule has 3 nitrogen and oxygen atoms in total. The summed E-state index contributed by atoms with van der Waals surface area (Å²) >= 11 is 11.8. The number of nitrogens with one attached hydrogen (secondary N) is 1. The number of halogens is 2. The highest BCUT2D eigenvalue weighted by Crippen LogP contribution is 2.40. The van der Waals surface area contributed by atoms with E-state index >= 15 is 0 Å². The van der Waals surface area contributed by atoms with Crippen molar-refractivity contribution in [2.24, 2.45) is 0 Å². The minimum Gasteiger partial charge on any atom is -0.349 e. The summed E-state index contributed by atoms with van der Waals surface area (Å²) in [6.45, 7) is 0. The summed E-state index contributed by atoms with van der Waals surface area (Å²) in [5.41, 5.74) is 1.61. The molecule has 20 heavy (non-hydrogen) atoms. The first kappa shape index (κ1) is 13.4. The predicted octanol–water partition coefficient (Wildman–Crippen LogP) is 3.67. The van der Waals surface area contributed by atoms with Crippen LogP contribution in [0.3, 0.4) is 0 Å². The molecule has 1 saturated carbocycles. The molecule has 1 amide bonds. The number of hydrogen-bond donors (Lipinski definition) is 1. The normalized spacial score (nSPS) is 20.5. The van der Waals surface area contributed by atoms with Crippen molar-refractivity contribution in [3.63, 3.8) is 0 Å². The SMILES string of the molecule is O=C(NC1CC1c1ccccc1)c1cc(Cl)ncc1Cl. The zero-order valence-corrected chi connectivity index (χ0v) is 12.0. The third-order valence-electron chi connectivity index (χ3n) is 3.40. The summed E-state index contributed by atoms with van der Waals surface area (Å²) in [5.74, 6) is 0.180. The number of carbonyl (C=O) groups is 1. The minimum absolute atomic E-state index is 0.160. The standard InChI is InChI=1S/C15H12Cl2N2O/c16-12-8-18-14(17)7-11(12)15(20)19-13-6-10(13)9-4-2-1-3-5-9/h1-5,7-8,10,13H,6H2,(H,19,20).